The molecule has 0 radical (unpaired) electrons. The van der Waals surface area contributed by atoms with Crippen molar-refractivity contribution in [1.29, 1.82) is 0 Å². The van der Waals surface area contributed by atoms with Gasteiger partial charge in [-0.1, -0.05) is 6.92 Å². The number of carboxylic acid groups (broad SMARTS) is 1. The topological polar surface area (TPSA) is 67.2 Å². The molecule has 0 aliphatic rings. The summed E-state index contributed by atoms with van der Waals surface area (Å²) in [7, 11) is 1.76. The number of carbonyl (C=O) groups is 1. The third kappa shape index (κ3) is 4.05. The smallest absolute Gasteiger partial charge is 0.339 e. The maximum Gasteiger partial charge on any atom is 0.339 e. The maximum atomic E-state index is 10.9. The second kappa shape index (κ2) is 6.66. The van der Waals surface area contributed by atoms with Crippen molar-refractivity contribution in [1.82, 2.24) is 15.1 Å². The predicted molar refractivity (Wildman–Crippen MR) is 69.5 cm³/mol. The Morgan fingerprint density at radius 3 is 3.00 bits per heavy atom. The zero-order valence-electron chi connectivity index (χ0n) is 10.4. The van der Waals surface area contributed by atoms with E-state index in [0.717, 1.165) is 13.0 Å². The second-order valence-corrected chi connectivity index (χ2v) is 5.22. The molecule has 96 valence electrons. The van der Waals surface area contributed by atoms with Crippen LogP contribution in [0.15, 0.2) is 6.20 Å². The van der Waals surface area contributed by atoms with Crippen LogP contribution in [0.3, 0.4) is 0 Å². The van der Waals surface area contributed by atoms with Gasteiger partial charge in [0, 0.05) is 18.8 Å². The minimum atomic E-state index is -0.924. The Morgan fingerprint density at radius 2 is 2.41 bits per heavy atom. The van der Waals surface area contributed by atoms with Crippen LogP contribution in [0.2, 0.25) is 0 Å². The fraction of sp³-hybridized carbons (Fsp3) is 0.636. The second-order valence-electron chi connectivity index (χ2n) is 3.95. The molecule has 0 saturated heterocycles. The molecule has 0 amide bonds. The van der Waals surface area contributed by atoms with Crippen LogP contribution < -0.4 is 5.32 Å². The molecule has 1 rings (SSSR count). The summed E-state index contributed by atoms with van der Waals surface area (Å²) in [6, 6.07) is 0. The molecule has 0 aliphatic heterocycles. The van der Waals surface area contributed by atoms with Gasteiger partial charge in [-0.15, -0.1) is 0 Å². The van der Waals surface area contributed by atoms with Crippen molar-refractivity contribution in [2.45, 2.75) is 25.1 Å². The van der Waals surface area contributed by atoms with Gasteiger partial charge < -0.3 is 10.4 Å². The summed E-state index contributed by atoms with van der Waals surface area (Å²) < 4.78 is 1.61. The number of aromatic nitrogens is 2. The summed E-state index contributed by atoms with van der Waals surface area (Å²) in [6.45, 7) is 3.60. The van der Waals surface area contributed by atoms with Gasteiger partial charge in [-0.25, -0.2) is 4.79 Å². The molecule has 1 atom stereocenters. The molecule has 2 N–H and O–H groups in total. The molecular formula is C11H19N3O2S. The van der Waals surface area contributed by atoms with Crippen molar-refractivity contribution in [2.75, 3.05) is 12.8 Å². The minimum absolute atomic E-state index is 0.276. The summed E-state index contributed by atoms with van der Waals surface area (Å²) in [5.74, 6) is -0.924. The number of aryl methyl sites for hydroxylation is 1. The molecule has 0 aliphatic carbocycles. The molecule has 1 aromatic heterocycles. The van der Waals surface area contributed by atoms with E-state index in [4.69, 9.17) is 5.11 Å². The fourth-order valence-corrected chi connectivity index (χ4v) is 1.83. The van der Waals surface area contributed by atoms with Crippen LogP contribution in [0, 0.1) is 0 Å². The highest BCUT2D eigenvalue weighted by Gasteiger charge is 2.14. The average molecular weight is 257 g/mol. The first-order valence-electron chi connectivity index (χ1n) is 5.54. The summed E-state index contributed by atoms with van der Waals surface area (Å²) in [6.07, 6.45) is 4.56. The van der Waals surface area contributed by atoms with E-state index in [0.29, 0.717) is 17.5 Å². The number of rotatable bonds is 7. The molecule has 0 aromatic carbocycles. The number of thioether (sulfide) groups is 1. The monoisotopic (exact) mass is 257 g/mol. The SMILES string of the molecule is CSC(C)CCNCc1c(C(=O)O)cnn1C. The molecule has 5 nitrogen and oxygen atoms in total. The van der Waals surface area contributed by atoms with Crippen molar-refractivity contribution in [3.63, 3.8) is 0 Å². The lowest BCUT2D eigenvalue weighted by molar-refractivity contribution is 0.0695. The molecule has 1 unspecified atom stereocenters. The third-order valence-corrected chi connectivity index (χ3v) is 3.75. The molecule has 17 heavy (non-hydrogen) atoms. The number of nitrogens with zero attached hydrogens (tertiary/aromatic N) is 2. The Kier molecular flexibility index (Phi) is 5.50. The van der Waals surface area contributed by atoms with Crippen molar-refractivity contribution in [3.8, 4) is 0 Å². The van der Waals surface area contributed by atoms with E-state index in [1.165, 1.54) is 6.20 Å². The van der Waals surface area contributed by atoms with Crippen molar-refractivity contribution in [3.05, 3.63) is 17.5 Å². The zero-order chi connectivity index (χ0) is 12.8. The van der Waals surface area contributed by atoms with Gasteiger partial charge in [-0.05, 0) is 19.2 Å². The van der Waals surface area contributed by atoms with Crippen LogP contribution in [-0.4, -0.2) is 38.9 Å². The number of carboxylic acids is 1. The molecular weight excluding hydrogens is 238 g/mol. The molecule has 0 bridgehead atoms. The lowest BCUT2D eigenvalue weighted by Gasteiger charge is -2.09. The van der Waals surface area contributed by atoms with Gasteiger partial charge in [0.1, 0.15) is 5.56 Å². The first kappa shape index (κ1) is 14.1. The molecule has 1 heterocycles. The lowest BCUT2D eigenvalue weighted by atomic mass is 10.2. The van der Waals surface area contributed by atoms with Gasteiger partial charge in [-0.2, -0.15) is 16.9 Å². The van der Waals surface area contributed by atoms with E-state index in [1.54, 1.807) is 11.7 Å². The van der Waals surface area contributed by atoms with Crippen LogP contribution in [0.5, 0.6) is 0 Å². The highest BCUT2D eigenvalue weighted by molar-refractivity contribution is 7.99. The van der Waals surface area contributed by atoms with Crippen LogP contribution in [0.25, 0.3) is 0 Å². The summed E-state index contributed by atoms with van der Waals surface area (Å²) in [5, 5.41) is 16.8. The Bertz CT molecular complexity index is 379. The summed E-state index contributed by atoms with van der Waals surface area (Å²) in [5.41, 5.74) is 0.993. The van der Waals surface area contributed by atoms with Crippen LogP contribution in [0.1, 0.15) is 29.4 Å². The first-order chi connectivity index (χ1) is 8.06. The van der Waals surface area contributed by atoms with Crippen LogP contribution >= 0.6 is 11.8 Å². The highest BCUT2D eigenvalue weighted by Crippen LogP contribution is 2.09. The Labute approximate surface area is 106 Å². The zero-order valence-corrected chi connectivity index (χ0v) is 11.3. The van der Waals surface area contributed by atoms with E-state index >= 15 is 0 Å². The van der Waals surface area contributed by atoms with Gasteiger partial charge in [0.05, 0.1) is 11.9 Å². The Morgan fingerprint density at radius 1 is 1.71 bits per heavy atom. The largest absolute Gasteiger partial charge is 0.478 e. The van der Waals surface area contributed by atoms with E-state index in [-0.39, 0.29) is 5.56 Å². The average Bonchev–Trinajstić information content (AvgIpc) is 2.66. The number of aromatic carboxylic acids is 1. The third-order valence-electron chi connectivity index (χ3n) is 2.71. The van der Waals surface area contributed by atoms with Crippen molar-refractivity contribution in [2.24, 2.45) is 7.05 Å². The fourth-order valence-electron chi connectivity index (χ4n) is 1.48. The van der Waals surface area contributed by atoms with Gasteiger partial charge in [0.15, 0.2) is 0 Å². The van der Waals surface area contributed by atoms with Crippen molar-refractivity contribution >= 4 is 17.7 Å². The molecule has 0 fully saturated rings. The highest BCUT2D eigenvalue weighted by atomic mass is 32.2. The van der Waals surface area contributed by atoms with Crippen LogP contribution in [0.4, 0.5) is 0 Å². The first-order valence-corrected chi connectivity index (χ1v) is 6.82. The summed E-state index contributed by atoms with van der Waals surface area (Å²) >= 11 is 1.83. The summed E-state index contributed by atoms with van der Waals surface area (Å²) in [4.78, 5) is 10.9. The number of nitrogens with one attached hydrogen (secondary N) is 1. The van der Waals surface area contributed by atoms with Gasteiger partial charge >= 0.3 is 5.97 Å². The minimum Gasteiger partial charge on any atom is -0.478 e. The molecule has 1 aromatic rings. The quantitative estimate of drug-likeness (QED) is 0.722. The van der Waals surface area contributed by atoms with Gasteiger partial charge in [0.25, 0.3) is 0 Å². The van der Waals surface area contributed by atoms with E-state index in [1.807, 2.05) is 11.8 Å². The molecule has 6 heteroatoms. The maximum absolute atomic E-state index is 10.9. The normalized spacial score (nSPS) is 12.6. The number of hydrogen-bond acceptors (Lipinski definition) is 4. The van der Waals surface area contributed by atoms with E-state index in [2.05, 4.69) is 23.6 Å². The van der Waals surface area contributed by atoms with Gasteiger partial charge in [0.2, 0.25) is 0 Å². The van der Waals surface area contributed by atoms with E-state index < -0.39 is 5.97 Å². The Balaban J connectivity index is 2.46. The molecule has 0 spiro atoms. The van der Waals surface area contributed by atoms with Crippen LogP contribution in [-0.2, 0) is 13.6 Å². The Hall–Kier alpha value is -1.01. The molecule has 0 saturated carbocycles. The van der Waals surface area contributed by atoms with E-state index in [9.17, 15) is 4.79 Å². The van der Waals surface area contributed by atoms with Gasteiger partial charge in [-0.3, -0.25) is 4.68 Å². The standard InChI is InChI=1S/C11H19N3O2S/c1-8(17-3)4-5-12-7-10-9(11(15)16)6-13-14(10)2/h6,8,12H,4-5,7H2,1-3H3,(H,15,16). The van der Waals surface area contributed by atoms with Crippen molar-refractivity contribution < 1.29 is 9.90 Å². The predicted octanol–water partition coefficient (Wildman–Crippen LogP) is 1.35. The number of hydrogen-bond donors (Lipinski definition) is 2. The lowest BCUT2D eigenvalue weighted by Crippen LogP contribution is -2.20.